The van der Waals surface area contributed by atoms with Gasteiger partial charge in [-0.3, -0.25) is 14.7 Å². The van der Waals surface area contributed by atoms with Gasteiger partial charge in [0.2, 0.25) is 0 Å². The first-order valence-electron chi connectivity index (χ1n) is 9.34. The molecule has 1 aromatic carbocycles. The molecule has 1 aromatic heterocycles. The van der Waals surface area contributed by atoms with Crippen LogP contribution in [0.4, 0.5) is 0 Å². The molecule has 1 amide bonds. The molecule has 0 N–H and O–H groups in total. The first-order chi connectivity index (χ1) is 12.0. The summed E-state index contributed by atoms with van der Waals surface area (Å²) in [5.74, 6) is 0.166. The number of benzene rings is 1. The second-order valence-corrected chi connectivity index (χ2v) is 7.81. The molecule has 0 saturated carbocycles. The highest BCUT2D eigenvalue weighted by Gasteiger charge is 2.36. The summed E-state index contributed by atoms with van der Waals surface area (Å²) in [6.45, 7) is 7.88. The Morgan fingerprint density at radius 1 is 1.12 bits per heavy atom. The van der Waals surface area contributed by atoms with Gasteiger partial charge in [-0.25, -0.2) is 0 Å². The van der Waals surface area contributed by atoms with Crippen molar-refractivity contribution in [2.45, 2.75) is 52.1 Å². The maximum atomic E-state index is 13.4. The van der Waals surface area contributed by atoms with Crippen molar-refractivity contribution in [3.8, 4) is 0 Å². The number of aromatic nitrogens is 1. The summed E-state index contributed by atoms with van der Waals surface area (Å²) in [6, 6.07) is 7.28. The van der Waals surface area contributed by atoms with E-state index in [2.05, 4.69) is 42.8 Å². The van der Waals surface area contributed by atoms with Gasteiger partial charge in [0.15, 0.2) is 0 Å². The molecular formula is C21H27N3O. The van der Waals surface area contributed by atoms with Crippen molar-refractivity contribution in [1.29, 1.82) is 0 Å². The van der Waals surface area contributed by atoms with Crippen LogP contribution < -0.4 is 0 Å². The molecule has 0 spiro atoms. The summed E-state index contributed by atoms with van der Waals surface area (Å²) in [5.41, 5.74) is 5.09. The summed E-state index contributed by atoms with van der Waals surface area (Å²) >= 11 is 0. The Hall–Kier alpha value is -1.94. The Bertz CT molecular complexity index is 845. The van der Waals surface area contributed by atoms with Crippen LogP contribution in [0.5, 0.6) is 0 Å². The maximum Gasteiger partial charge on any atom is 0.254 e. The number of amides is 1. The van der Waals surface area contributed by atoms with Gasteiger partial charge in [-0.05, 0) is 64.3 Å². The second-order valence-electron chi connectivity index (χ2n) is 7.81. The highest BCUT2D eigenvalue weighted by atomic mass is 16.2. The molecule has 0 aliphatic carbocycles. The molecule has 2 atom stereocenters. The van der Waals surface area contributed by atoms with Gasteiger partial charge in [0.1, 0.15) is 0 Å². The number of hydrogen-bond donors (Lipinski definition) is 0. The quantitative estimate of drug-likeness (QED) is 0.799. The smallest absolute Gasteiger partial charge is 0.254 e. The van der Waals surface area contributed by atoms with Crippen LogP contribution in [-0.2, 0) is 0 Å². The van der Waals surface area contributed by atoms with Crippen molar-refractivity contribution in [2.24, 2.45) is 0 Å². The van der Waals surface area contributed by atoms with Crippen molar-refractivity contribution < 1.29 is 4.79 Å². The molecule has 2 aliphatic heterocycles. The summed E-state index contributed by atoms with van der Waals surface area (Å²) < 4.78 is 0. The molecule has 2 aromatic rings. The number of carbonyl (C=O) groups excluding carboxylic acids is 1. The first kappa shape index (κ1) is 16.5. The van der Waals surface area contributed by atoms with E-state index < -0.39 is 0 Å². The number of likely N-dealkylation sites (tertiary alicyclic amines) is 1. The van der Waals surface area contributed by atoms with E-state index in [1.807, 2.05) is 13.0 Å². The number of nitrogens with zero attached hydrogens (tertiary/aromatic N) is 3. The van der Waals surface area contributed by atoms with Gasteiger partial charge in [0.05, 0.1) is 11.1 Å². The lowest BCUT2D eigenvalue weighted by Gasteiger charge is -2.26. The molecule has 0 unspecified atom stereocenters. The lowest BCUT2D eigenvalue weighted by atomic mass is 9.99. The molecule has 4 nitrogen and oxygen atoms in total. The van der Waals surface area contributed by atoms with Crippen LogP contribution in [0.1, 0.15) is 46.4 Å². The standard InChI is InChI=1S/C21H27N3O/c1-13-5-8-18-19(11-14(2)22-20(18)15(13)3)21(25)24-10-9-16-6-7-17(12-24)23(16)4/h5,8,11,16-17H,6-7,9-10,12H2,1-4H3/t16-,17+/m0/s1. The van der Waals surface area contributed by atoms with Crippen LogP contribution >= 0.6 is 0 Å². The zero-order chi connectivity index (χ0) is 17.7. The third-order valence-electron chi connectivity index (χ3n) is 6.30. The average Bonchev–Trinajstić information content (AvgIpc) is 2.83. The number of likely N-dealkylation sites (N-methyl/N-ethyl adjacent to an activating group) is 1. The molecule has 2 bridgehead atoms. The van der Waals surface area contributed by atoms with E-state index in [1.165, 1.54) is 24.0 Å². The Morgan fingerprint density at radius 2 is 1.88 bits per heavy atom. The van der Waals surface area contributed by atoms with Crippen LogP contribution in [0.3, 0.4) is 0 Å². The predicted molar refractivity (Wildman–Crippen MR) is 101 cm³/mol. The van der Waals surface area contributed by atoms with Crippen molar-refractivity contribution in [3.63, 3.8) is 0 Å². The Balaban J connectivity index is 1.74. The van der Waals surface area contributed by atoms with Crippen molar-refractivity contribution in [1.82, 2.24) is 14.8 Å². The molecule has 2 fully saturated rings. The minimum atomic E-state index is 0.166. The molecule has 2 aliphatic rings. The molecule has 4 heteroatoms. The fourth-order valence-electron chi connectivity index (χ4n) is 4.50. The normalized spacial score (nSPS) is 23.9. The predicted octanol–water partition coefficient (Wildman–Crippen LogP) is 3.47. The summed E-state index contributed by atoms with van der Waals surface area (Å²) in [5, 5.41) is 0.987. The molecular weight excluding hydrogens is 310 g/mol. The second kappa shape index (κ2) is 6.10. The molecule has 25 heavy (non-hydrogen) atoms. The fourth-order valence-corrected chi connectivity index (χ4v) is 4.50. The average molecular weight is 337 g/mol. The van der Waals surface area contributed by atoms with Gasteiger partial charge < -0.3 is 4.90 Å². The van der Waals surface area contributed by atoms with Gasteiger partial charge in [0, 0.05) is 36.3 Å². The number of pyridine rings is 1. The van der Waals surface area contributed by atoms with E-state index in [4.69, 9.17) is 4.98 Å². The van der Waals surface area contributed by atoms with Crippen molar-refractivity contribution >= 4 is 16.8 Å². The molecule has 4 rings (SSSR count). The van der Waals surface area contributed by atoms with Gasteiger partial charge in [-0.1, -0.05) is 12.1 Å². The molecule has 0 radical (unpaired) electrons. The van der Waals surface area contributed by atoms with Crippen LogP contribution in [0, 0.1) is 20.8 Å². The van der Waals surface area contributed by atoms with Crippen LogP contribution in [0.25, 0.3) is 10.9 Å². The SMILES string of the molecule is Cc1cc(C(=O)N2CC[C@@H]3CC[C@H](C2)N3C)c2ccc(C)c(C)c2n1. The van der Waals surface area contributed by atoms with E-state index in [9.17, 15) is 4.79 Å². The maximum absolute atomic E-state index is 13.4. The van der Waals surface area contributed by atoms with Gasteiger partial charge in [-0.15, -0.1) is 0 Å². The van der Waals surface area contributed by atoms with Gasteiger partial charge in [-0.2, -0.15) is 0 Å². The van der Waals surface area contributed by atoms with E-state index in [1.54, 1.807) is 0 Å². The van der Waals surface area contributed by atoms with Crippen LogP contribution in [0.2, 0.25) is 0 Å². The largest absolute Gasteiger partial charge is 0.337 e. The fraction of sp³-hybridized carbons (Fsp3) is 0.524. The third kappa shape index (κ3) is 2.73. The summed E-state index contributed by atoms with van der Waals surface area (Å²) in [7, 11) is 2.22. The number of hydrogen-bond acceptors (Lipinski definition) is 3. The minimum Gasteiger partial charge on any atom is -0.337 e. The third-order valence-corrected chi connectivity index (χ3v) is 6.30. The number of carbonyl (C=O) groups is 1. The Kier molecular flexibility index (Phi) is 4.03. The summed E-state index contributed by atoms with van der Waals surface area (Å²) in [4.78, 5) is 22.6. The van der Waals surface area contributed by atoms with Crippen LogP contribution in [0.15, 0.2) is 18.2 Å². The zero-order valence-corrected chi connectivity index (χ0v) is 15.7. The van der Waals surface area contributed by atoms with Crippen molar-refractivity contribution in [2.75, 3.05) is 20.1 Å². The highest BCUT2D eigenvalue weighted by molar-refractivity contribution is 6.07. The number of aryl methyl sites for hydroxylation is 3. The molecule has 3 heterocycles. The molecule has 2 saturated heterocycles. The zero-order valence-electron chi connectivity index (χ0n) is 15.7. The van der Waals surface area contributed by atoms with Crippen LogP contribution in [-0.4, -0.2) is 52.9 Å². The van der Waals surface area contributed by atoms with Crippen molar-refractivity contribution in [3.05, 3.63) is 40.6 Å². The lowest BCUT2D eigenvalue weighted by molar-refractivity contribution is 0.0742. The highest BCUT2D eigenvalue weighted by Crippen LogP contribution is 2.30. The van der Waals surface area contributed by atoms with E-state index in [-0.39, 0.29) is 5.91 Å². The minimum absolute atomic E-state index is 0.166. The van der Waals surface area contributed by atoms with Gasteiger partial charge in [0.25, 0.3) is 5.91 Å². The Morgan fingerprint density at radius 3 is 2.68 bits per heavy atom. The first-order valence-corrected chi connectivity index (χ1v) is 9.34. The summed E-state index contributed by atoms with van der Waals surface area (Å²) in [6.07, 6.45) is 3.57. The van der Waals surface area contributed by atoms with E-state index >= 15 is 0 Å². The lowest BCUT2D eigenvalue weighted by Crippen LogP contribution is -2.39. The number of rotatable bonds is 1. The Labute approximate surface area is 149 Å². The topological polar surface area (TPSA) is 36.4 Å². The number of fused-ring (bicyclic) bond motifs is 3. The van der Waals surface area contributed by atoms with E-state index in [0.29, 0.717) is 12.1 Å². The molecule has 132 valence electrons. The van der Waals surface area contributed by atoms with Gasteiger partial charge >= 0.3 is 0 Å². The monoisotopic (exact) mass is 337 g/mol. The van der Waals surface area contributed by atoms with E-state index in [0.717, 1.165) is 41.7 Å².